The number of carboxylic acid groups (broad SMARTS) is 2. The molecule has 3 fully saturated rings. The van der Waals surface area contributed by atoms with E-state index in [9.17, 15) is 29.4 Å². The Bertz CT molecular complexity index is 1940. The van der Waals surface area contributed by atoms with Crippen LogP contribution in [0.5, 0.6) is 0 Å². The number of carbonyl (C=O) groups excluding carboxylic acids is 4. The molecule has 0 spiro atoms. The average Bonchev–Trinajstić information content (AvgIpc) is 3.13. The van der Waals surface area contributed by atoms with Crippen molar-refractivity contribution in [2.24, 2.45) is 44.3 Å². The van der Waals surface area contributed by atoms with E-state index in [0.717, 1.165) is 70.6 Å². The van der Waals surface area contributed by atoms with Crippen LogP contribution in [-0.4, -0.2) is 36.6 Å². The molecule has 0 amide bonds. The Labute approximate surface area is 417 Å². The normalized spacial score (nSPS) is 35.4. The van der Waals surface area contributed by atoms with Crippen LogP contribution < -0.4 is 113 Å². The van der Waals surface area contributed by atoms with Crippen LogP contribution in [0, 0.1) is 44.3 Å². The summed E-state index contributed by atoms with van der Waals surface area (Å²) < 4.78 is 12.1. The van der Waals surface area contributed by atoms with Crippen LogP contribution in [0.4, 0.5) is 0 Å². The van der Waals surface area contributed by atoms with Crippen LogP contribution in [0.25, 0.3) is 0 Å². The van der Waals surface area contributed by atoms with E-state index in [4.69, 9.17) is 9.47 Å². The van der Waals surface area contributed by atoms with E-state index in [1.807, 2.05) is 0 Å². The first-order valence-electron chi connectivity index (χ1n) is 20.0. The zero-order chi connectivity index (χ0) is 39.1. The molecular formula is C46H56K2O8. The van der Waals surface area contributed by atoms with E-state index in [1.165, 1.54) is 24.3 Å². The van der Waals surface area contributed by atoms with Crippen LogP contribution >= 0.6 is 0 Å². The van der Waals surface area contributed by atoms with Crippen molar-refractivity contribution in [3.05, 3.63) is 81.9 Å². The number of carboxylic acids is 2. The minimum Gasteiger partial charge on any atom is -0.545 e. The molecule has 3 saturated carbocycles. The SMILES string of the molecule is CC1(C)[C@@H](OC(=O)c2ccccc2C(=O)[O-])CC[C@]2(C)C3=C(CC[C@@H]12)[C@@]1(C)CC[C@@]2(C)CC[C@@](C)(COC(=O)c4ccccc4C(=O)[O-])C[C@H]2[C@]1(C)CC3.[K+].[K+]. The molecule has 7 rings (SSSR count). The molecule has 0 aliphatic heterocycles. The van der Waals surface area contributed by atoms with Crippen LogP contribution in [0.2, 0.25) is 0 Å². The van der Waals surface area contributed by atoms with Crippen molar-refractivity contribution in [3.8, 4) is 0 Å². The summed E-state index contributed by atoms with van der Waals surface area (Å²) in [5.74, 6) is -3.24. The van der Waals surface area contributed by atoms with Gasteiger partial charge in [0.2, 0.25) is 0 Å². The van der Waals surface area contributed by atoms with Gasteiger partial charge in [-0.05, 0) is 116 Å². The fraction of sp³-hybridized carbons (Fsp3) is 0.609. The maximum absolute atomic E-state index is 13.4. The fourth-order valence-corrected chi connectivity index (χ4v) is 12.9. The average molecular weight is 815 g/mol. The maximum atomic E-state index is 13.4. The predicted octanol–water partition coefficient (Wildman–Crippen LogP) is 1.75. The quantitative estimate of drug-likeness (QED) is 0.235. The van der Waals surface area contributed by atoms with Crippen molar-refractivity contribution in [1.29, 1.82) is 0 Å². The minimum atomic E-state index is -1.39. The van der Waals surface area contributed by atoms with Gasteiger partial charge in [-0.25, -0.2) is 9.59 Å². The number of aromatic carboxylic acids is 2. The minimum absolute atomic E-state index is 0. The van der Waals surface area contributed by atoms with Gasteiger partial charge in [0.15, 0.2) is 0 Å². The molecule has 0 radical (unpaired) electrons. The Hall–Kier alpha value is -0.667. The second-order valence-electron chi connectivity index (χ2n) is 19.4. The molecule has 290 valence electrons. The van der Waals surface area contributed by atoms with Crippen molar-refractivity contribution in [2.75, 3.05) is 6.61 Å². The molecule has 2 aromatic rings. The molecular weight excluding hydrogens is 759 g/mol. The molecule has 8 atom stereocenters. The molecule has 0 aromatic heterocycles. The molecule has 56 heavy (non-hydrogen) atoms. The van der Waals surface area contributed by atoms with E-state index in [2.05, 4.69) is 48.5 Å². The fourth-order valence-electron chi connectivity index (χ4n) is 12.9. The van der Waals surface area contributed by atoms with Gasteiger partial charge in [-0.2, -0.15) is 0 Å². The topological polar surface area (TPSA) is 133 Å². The van der Waals surface area contributed by atoms with Gasteiger partial charge < -0.3 is 29.3 Å². The van der Waals surface area contributed by atoms with E-state index >= 15 is 0 Å². The van der Waals surface area contributed by atoms with Gasteiger partial charge in [-0.15, -0.1) is 0 Å². The summed E-state index contributed by atoms with van der Waals surface area (Å²) in [5, 5.41) is 23.4. The van der Waals surface area contributed by atoms with Gasteiger partial charge in [0, 0.05) is 22.0 Å². The first-order chi connectivity index (χ1) is 25.3. The third kappa shape index (κ3) is 7.63. The van der Waals surface area contributed by atoms with Gasteiger partial charge in [-0.3, -0.25) is 0 Å². The van der Waals surface area contributed by atoms with Crippen molar-refractivity contribution in [1.82, 2.24) is 0 Å². The molecule has 2 aromatic carbocycles. The first kappa shape index (κ1) is 46.4. The van der Waals surface area contributed by atoms with E-state index in [0.29, 0.717) is 11.8 Å². The Balaban J connectivity index is 0.00000300. The van der Waals surface area contributed by atoms with Crippen molar-refractivity contribution < 1.29 is 142 Å². The van der Waals surface area contributed by atoms with Gasteiger partial charge in [0.05, 0.1) is 29.7 Å². The van der Waals surface area contributed by atoms with E-state index in [-0.39, 0.29) is 170 Å². The molecule has 8 nitrogen and oxygen atoms in total. The third-order valence-corrected chi connectivity index (χ3v) is 16.3. The number of esters is 2. The van der Waals surface area contributed by atoms with Crippen molar-refractivity contribution in [3.63, 3.8) is 0 Å². The Morgan fingerprint density at radius 3 is 1.79 bits per heavy atom. The molecule has 0 saturated heterocycles. The second-order valence-corrected chi connectivity index (χ2v) is 19.4. The van der Waals surface area contributed by atoms with Crippen LogP contribution in [-0.2, 0) is 9.47 Å². The maximum Gasteiger partial charge on any atom is 1.00 e. The molecule has 0 unspecified atom stereocenters. The van der Waals surface area contributed by atoms with Gasteiger partial charge >= 0.3 is 115 Å². The molecule has 0 N–H and O–H groups in total. The second kappa shape index (κ2) is 16.7. The molecule has 0 heterocycles. The summed E-state index contributed by atoms with van der Waals surface area (Å²) >= 11 is 0. The zero-order valence-corrected chi connectivity index (χ0v) is 41.3. The van der Waals surface area contributed by atoms with Crippen LogP contribution in [0.3, 0.4) is 0 Å². The number of ether oxygens (including phenoxy) is 2. The van der Waals surface area contributed by atoms with Gasteiger partial charge in [0.1, 0.15) is 6.10 Å². The number of rotatable bonds is 7. The smallest absolute Gasteiger partial charge is 0.545 e. The number of fused-ring (bicyclic) bond motifs is 6. The third-order valence-electron chi connectivity index (χ3n) is 16.3. The first-order valence-corrected chi connectivity index (χ1v) is 20.0. The standard InChI is InChI=1S/C46H58O8.2K/c1-41(2)34-17-16-33-32(44(34,5)20-19-36(41)54-40(52)31-15-11-9-13-29(31)38(49)50)18-21-46(7)35-26-42(3,22-23-43(35,4)24-25-45(33,46)6)27-53-39(51)30-14-10-8-12-28(30)37(47)48;;/h8-15,34-36H,16-27H2,1-7H3,(H,47,48)(H,49,50);;/q;2*+1/p-2/t34-,35+,36-,42+,43+,44+,45+,46-;;/m0../s1. The molecule has 5 aliphatic carbocycles. The largest absolute Gasteiger partial charge is 1.00 e. The number of allylic oxidation sites excluding steroid dienone is 2. The molecule has 10 heteroatoms. The van der Waals surface area contributed by atoms with Crippen molar-refractivity contribution >= 4 is 23.9 Å². The van der Waals surface area contributed by atoms with E-state index in [1.54, 1.807) is 35.4 Å². The molecule has 5 aliphatic rings. The van der Waals surface area contributed by atoms with Gasteiger partial charge in [0.25, 0.3) is 0 Å². The summed E-state index contributed by atoms with van der Waals surface area (Å²) in [6, 6.07) is 12.2. The summed E-state index contributed by atoms with van der Waals surface area (Å²) in [6.45, 7) is 17.0. The number of carbonyl (C=O) groups is 4. The summed E-state index contributed by atoms with van der Waals surface area (Å²) in [5.41, 5.74) is 2.79. The van der Waals surface area contributed by atoms with Gasteiger partial charge in [-0.1, -0.05) is 96.0 Å². The Kier molecular flexibility index (Phi) is 13.8. The van der Waals surface area contributed by atoms with Crippen LogP contribution in [0.15, 0.2) is 59.7 Å². The summed E-state index contributed by atoms with van der Waals surface area (Å²) in [7, 11) is 0. The number of hydrogen-bond donors (Lipinski definition) is 0. The summed E-state index contributed by atoms with van der Waals surface area (Å²) in [4.78, 5) is 50.1. The van der Waals surface area contributed by atoms with Crippen LogP contribution in [0.1, 0.15) is 161 Å². The number of benzene rings is 2. The summed E-state index contributed by atoms with van der Waals surface area (Å²) in [6.07, 6.45) is 10.8. The number of hydrogen-bond acceptors (Lipinski definition) is 8. The molecule has 0 bridgehead atoms. The monoisotopic (exact) mass is 814 g/mol. The Morgan fingerprint density at radius 1 is 0.643 bits per heavy atom. The Morgan fingerprint density at radius 2 is 1.20 bits per heavy atom. The van der Waals surface area contributed by atoms with E-state index < -0.39 is 23.9 Å². The van der Waals surface area contributed by atoms with Crippen molar-refractivity contribution in [2.45, 2.75) is 125 Å². The predicted molar refractivity (Wildman–Crippen MR) is 200 cm³/mol. The zero-order valence-electron chi connectivity index (χ0n) is 35.1.